The molecule has 0 saturated carbocycles. The summed E-state index contributed by atoms with van der Waals surface area (Å²) in [7, 11) is -3.71. The molecule has 0 aliphatic rings. The van der Waals surface area contributed by atoms with Gasteiger partial charge in [-0.25, -0.2) is 23.8 Å². The predicted molar refractivity (Wildman–Crippen MR) is 183 cm³/mol. The molecule has 3 aromatic rings. The van der Waals surface area contributed by atoms with Gasteiger partial charge in [-0.1, -0.05) is 6.07 Å². The van der Waals surface area contributed by atoms with Gasteiger partial charge in [0, 0.05) is 17.6 Å². The molecule has 0 bridgehead atoms. The van der Waals surface area contributed by atoms with Gasteiger partial charge in [-0.2, -0.15) is 17.6 Å². The molecule has 0 aliphatic carbocycles. The molecule has 0 fully saturated rings. The van der Waals surface area contributed by atoms with E-state index < -0.39 is 79.4 Å². The van der Waals surface area contributed by atoms with Crippen LogP contribution in [0.4, 0.5) is 32.8 Å². The van der Waals surface area contributed by atoms with Crippen LogP contribution in [0.2, 0.25) is 0 Å². The monoisotopic (exact) mass is 754 g/mol. The van der Waals surface area contributed by atoms with Crippen molar-refractivity contribution >= 4 is 33.6 Å². The predicted octanol–water partition coefficient (Wildman–Crippen LogP) is 9.18. The van der Waals surface area contributed by atoms with Gasteiger partial charge in [0.15, 0.2) is 5.75 Å². The molecule has 2 heterocycles. The molecule has 0 spiro atoms. The maximum atomic E-state index is 14.5. The number of aryl methyl sites for hydroxylation is 1. The maximum absolute atomic E-state index is 14.5. The SMILES string of the molecule is Cc1nc(F)ccc1Oc1ncc(C(F)(F)F)c(C)c1C(=O)Nc1cccc(S(=O)(CCC(C)(C)OC(=O)OC(C)(C)C)=NC(=O)OC(C)(C)C)c1. The Hall–Kier alpha value is -4.80. The van der Waals surface area contributed by atoms with Crippen LogP contribution in [-0.4, -0.2) is 54.9 Å². The molecule has 12 nitrogen and oxygen atoms in total. The fourth-order valence-corrected chi connectivity index (χ4v) is 6.54. The van der Waals surface area contributed by atoms with E-state index in [-0.39, 0.29) is 34.2 Å². The number of rotatable bonds is 9. The molecule has 1 unspecified atom stereocenters. The number of alkyl halides is 3. The number of aromatic nitrogens is 2. The van der Waals surface area contributed by atoms with Crippen LogP contribution in [0.1, 0.15) is 89.0 Å². The number of carbonyl (C=O) groups is 3. The summed E-state index contributed by atoms with van der Waals surface area (Å²) in [5, 5.41) is 2.48. The topological polar surface area (TPSA) is 155 Å². The fraction of sp³-hybridized carbons (Fsp3) is 0.457. The van der Waals surface area contributed by atoms with E-state index in [2.05, 4.69) is 19.6 Å². The van der Waals surface area contributed by atoms with Crippen LogP contribution in [0, 0.1) is 19.8 Å². The normalized spacial score (nSPS) is 13.4. The first-order valence-corrected chi connectivity index (χ1v) is 17.6. The van der Waals surface area contributed by atoms with Crippen molar-refractivity contribution in [2.24, 2.45) is 4.36 Å². The summed E-state index contributed by atoms with van der Waals surface area (Å²) >= 11 is 0. The van der Waals surface area contributed by atoms with Gasteiger partial charge < -0.3 is 24.3 Å². The Morgan fingerprint density at radius 1 is 0.904 bits per heavy atom. The molecular weight excluding hydrogens is 712 g/mol. The third-order valence-corrected chi connectivity index (χ3v) is 9.04. The van der Waals surface area contributed by atoms with Gasteiger partial charge >= 0.3 is 18.4 Å². The molecule has 0 radical (unpaired) electrons. The van der Waals surface area contributed by atoms with Crippen molar-refractivity contribution in [2.45, 2.75) is 104 Å². The number of halogens is 4. The molecule has 17 heteroatoms. The van der Waals surface area contributed by atoms with Crippen molar-refractivity contribution in [3.63, 3.8) is 0 Å². The molecule has 1 N–H and O–H groups in total. The highest BCUT2D eigenvalue weighted by Crippen LogP contribution is 2.37. The minimum Gasteiger partial charge on any atom is -0.442 e. The summed E-state index contributed by atoms with van der Waals surface area (Å²) in [4.78, 5) is 46.3. The van der Waals surface area contributed by atoms with Crippen LogP contribution in [0.5, 0.6) is 11.6 Å². The van der Waals surface area contributed by atoms with Crippen LogP contribution in [0.3, 0.4) is 0 Å². The highest BCUT2D eigenvalue weighted by atomic mass is 32.2. The van der Waals surface area contributed by atoms with Crippen molar-refractivity contribution in [2.75, 3.05) is 11.1 Å². The zero-order valence-electron chi connectivity index (χ0n) is 30.5. The van der Waals surface area contributed by atoms with Gasteiger partial charge in [0.05, 0.1) is 25.9 Å². The van der Waals surface area contributed by atoms with Crippen molar-refractivity contribution < 1.29 is 55.1 Å². The van der Waals surface area contributed by atoms with Crippen molar-refractivity contribution in [1.82, 2.24) is 9.97 Å². The van der Waals surface area contributed by atoms with Crippen LogP contribution in [-0.2, 0) is 30.1 Å². The number of anilines is 1. The quantitative estimate of drug-likeness (QED) is 0.127. The summed E-state index contributed by atoms with van der Waals surface area (Å²) in [6.45, 7) is 15.3. The summed E-state index contributed by atoms with van der Waals surface area (Å²) in [5.41, 5.74) is -5.40. The standard InChI is InChI=1S/C35H42F4N4O8S/c1-20-24(35(37,38)39)19-40-29(48-25-14-15-26(36)41-21(25)2)27(20)28(44)42-22-12-11-13-23(18-22)52(47,43-30(45)49-32(3,4)5)17-16-34(9,10)51-31(46)50-33(6,7)8/h11-15,18-19H,16-17H2,1-10H3,(H,42,44). The highest BCUT2D eigenvalue weighted by molar-refractivity contribution is 7.94. The minimum absolute atomic E-state index is 0.0405. The lowest BCUT2D eigenvalue weighted by Gasteiger charge is -2.28. The summed E-state index contributed by atoms with van der Waals surface area (Å²) in [5.74, 6) is -2.83. The van der Waals surface area contributed by atoms with Gasteiger partial charge in [0.2, 0.25) is 11.8 Å². The van der Waals surface area contributed by atoms with E-state index in [0.29, 0.717) is 6.20 Å². The molecule has 0 saturated heterocycles. The van der Waals surface area contributed by atoms with Crippen molar-refractivity contribution in [3.8, 4) is 11.6 Å². The Bertz CT molecular complexity index is 1960. The number of benzene rings is 1. The van der Waals surface area contributed by atoms with Crippen LogP contribution in [0.25, 0.3) is 0 Å². The van der Waals surface area contributed by atoms with E-state index in [9.17, 15) is 36.2 Å². The Labute approximate surface area is 299 Å². The number of carbonyl (C=O) groups excluding carboxylic acids is 3. The minimum atomic E-state index is -4.88. The number of amides is 2. The number of hydrogen-bond donors (Lipinski definition) is 1. The number of pyridine rings is 2. The lowest BCUT2D eigenvalue weighted by atomic mass is 10.0. The molecule has 1 atom stereocenters. The second-order valence-electron chi connectivity index (χ2n) is 14.3. The molecule has 0 aliphatic heterocycles. The molecule has 2 aromatic heterocycles. The smallest absolute Gasteiger partial charge is 0.442 e. The molecular formula is C35H42F4N4O8S. The Balaban J connectivity index is 2.05. The second kappa shape index (κ2) is 15.4. The Morgan fingerprint density at radius 3 is 2.12 bits per heavy atom. The fourth-order valence-electron chi connectivity index (χ4n) is 4.45. The lowest BCUT2D eigenvalue weighted by Crippen LogP contribution is -2.34. The number of hydrogen-bond acceptors (Lipinski definition) is 10. The Kier molecular flexibility index (Phi) is 12.4. The van der Waals surface area contributed by atoms with Crippen LogP contribution >= 0.6 is 0 Å². The first-order chi connectivity index (χ1) is 23.7. The van der Waals surface area contributed by atoms with Gasteiger partial charge in [-0.3, -0.25) is 4.79 Å². The van der Waals surface area contributed by atoms with Gasteiger partial charge in [-0.15, -0.1) is 4.36 Å². The van der Waals surface area contributed by atoms with E-state index in [0.717, 1.165) is 13.0 Å². The summed E-state index contributed by atoms with van der Waals surface area (Å²) in [6, 6.07) is 7.52. The van der Waals surface area contributed by atoms with E-state index in [4.69, 9.17) is 18.9 Å². The van der Waals surface area contributed by atoms with Gasteiger partial charge in [0.1, 0.15) is 22.4 Å². The first kappa shape index (κ1) is 41.6. The largest absolute Gasteiger partial charge is 0.509 e. The van der Waals surface area contributed by atoms with Gasteiger partial charge in [0.25, 0.3) is 5.91 Å². The lowest BCUT2D eigenvalue weighted by molar-refractivity contribution is -0.138. The molecule has 1 aromatic carbocycles. The number of nitrogens with one attached hydrogen (secondary N) is 1. The average molecular weight is 755 g/mol. The van der Waals surface area contributed by atoms with Crippen molar-refractivity contribution in [1.29, 1.82) is 0 Å². The number of nitrogens with zero attached hydrogens (tertiary/aromatic N) is 3. The zero-order valence-corrected chi connectivity index (χ0v) is 31.3. The summed E-state index contributed by atoms with van der Waals surface area (Å²) in [6.07, 6.45) is -6.56. The highest BCUT2D eigenvalue weighted by Gasteiger charge is 2.36. The van der Waals surface area contributed by atoms with Crippen LogP contribution < -0.4 is 10.1 Å². The zero-order chi connectivity index (χ0) is 39.4. The Morgan fingerprint density at radius 2 is 1.54 bits per heavy atom. The van der Waals surface area contributed by atoms with Crippen LogP contribution in [0.15, 0.2) is 51.9 Å². The number of ether oxygens (including phenoxy) is 4. The van der Waals surface area contributed by atoms with Crippen molar-refractivity contribution in [3.05, 3.63) is 70.9 Å². The molecule has 284 valence electrons. The molecule has 52 heavy (non-hydrogen) atoms. The third-order valence-electron chi connectivity index (χ3n) is 6.85. The van der Waals surface area contributed by atoms with Gasteiger partial charge in [-0.05, 0) is 112 Å². The third kappa shape index (κ3) is 11.9. The van der Waals surface area contributed by atoms with E-state index in [1.807, 2.05) is 0 Å². The van der Waals surface area contributed by atoms with E-state index in [1.165, 1.54) is 37.3 Å². The summed E-state index contributed by atoms with van der Waals surface area (Å²) < 4.78 is 95.4. The second-order valence-corrected chi connectivity index (χ2v) is 16.6. The van der Waals surface area contributed by atoms with E-state index >= 15 is 0 Å². The average Bonchev–Trinajstić information content (AvgIpc) is 2.95. The maximum Gasteiger partial charge on any atom is 0.509 e. The molecule has 3 rings (SSSR count). The molecule has 2 amide bonds. The van der Waals surface area contributed by atoms with E-state index in [1.54, 1.807) is 55.4 Å². The first-order valence-electron chi connectivity index (χ1n) is 15.9.